The Bertz CT molecular complexity index is 605. The lowest BCUT2D eigenvalue weighted by molar-refractivity contribution is 0.425. The normalized spacial score (nSPS) is 18.5. The molecule has 2 heterocycles. The van der Waals surface area contributed by atoms with Crippen LogP contribution in [-0.2, 0) is 12.8 Å². The van der Waals surface area contributed by atoms with Crippen LogP contribution in [0.25, 0.3) is 10.2 Å². The van der Waals surface area contributed by atoms with Crippen LogP contribution in [0.1, 0.15) is 23.8 Å². The lowest BCUT2D eigenvalue weighted by Gasteiger charge is -2.18. The Kier molecular flexibility index (Phi) is 3.89. The van der Waals surface area contributed by atoms with E-state index in [1.165, 1.54) is 35.1 Å². The van der Waals surface area contributed by atoms with Gasteiger partial charge in [0.25, 0.3) is 0 Å². The quantitative estimate of drug-likeness (QED) is 0.940. The van der Waals surface area contributed by atoms with Crippen molar-refractivity contribution in [2.45, 2.75) is 26.2 Å². The molecule has 108 valence electrons. The van der Waals surface area contributed by atoms with E-state index < -0.39 is 0 Å². The van der Waals surface area contributed by atoms with Crippen molar-refractivity contribution in [3.63, 3.8) is 0 Å². The maximum atomic E-state index is 4.48. The number of aryl methyl sites for hydroxylation is 1. The highest BCUT2D eigenvalue weighted by atomic mass is 32.1. The number of fused-ring (bicyclic) bond motifs is 3. The molecule has 0 bridgehead atoms. The van der Waals surface area contributed by atoms with Gasteiger partial charge in [-0.25, -0.2) is 9.97 Å². The molecule has 0 saturated carbocycles. The van der Waals surface area contributed by atoms with Crippen molar-refractivity contribution >= 4 is 27.4 Å². The van der Waals surface area contributed by atoms with Gasteiger partial charge in [0.2, 0.25) is 0 Å². The number of anilines is 1. The van der Waals surface area contributed by atoms with Gasteiger partial charge in [-0.3, -0.25) is 0 Å². The van der Waals surface area contributed by atoms with Crippen molar-refractivity contribution in [2.24, 2.45) is 5.92 Å². The molecule has 0 aromatic carbocycles. The Morgan fingerprint density at radius 1 is 1.40 bits per heavy atom. The van der Waals surface area contributed by atoms with Crippen LogP contribution in [-0.4, -0.2) is 42.1 Å². The third-order valence-corrected chi connectivity index (χ3v) is 5.14. The van der Waals surface area contributed by atoms with E-state index in [2.05, 4.69) is 41.2 Å². The van der Waals surface area contributed by atoms with Gasteiger partial charge < -0.3 is 10.2 Å². The predicted molar refractivity (Wildman–Crippen MR) is 85.6 cm³/mol. The third-order valence-electron chi connectivity index (χ3n) is 3.94. The van der Waals surface area contributed by atoms with Crippen molar-refractivity contribution in [3.05, 3.63) is 16.8 Å². The molecule has 2 aromatic heterocycles. The SMILES string of the molecule is C[C@@H]1CCc2sc3ncnc(NCCN(C)C)c3c2C1. The van der Waals surface area contributed by atoms with Gasteiger partial charge in [0.05, 0.1) is 5.39 Å². The molecule has 0 radical (unpaired) electrons. The number of likely N-dealkylation sites (N-methyl/N-ethyl adjacent to an activating group) is 1. The summed E-state index contributed by atoms with van der Waals surface area (Å²) in [7, 11) is 4.18. The molecule has 1 atom stereocenters. The van der Waals surface area contributed by atoms with Crippen LogP contribution >= 0.6 is 11.3 Å². The summed E-state index contributed by atoms with van der Waals surface area (Å²) in [5.41, 5.74) is 1.50. The van der Waals surface area contributed by atoms with Crippen molar-refractivity contribution in [1.82, 2.24) is 14.9 Å². The lowest BCUT2D eigenvalue weighted by Crippen LogP contribution is -2.21. The fourth-order valence-corrected chi connectivity index (χ4v) is 4.00. The number of aromatic nitrogens is 2. The van der Waals surface area contributed by atoms with Crippen LogP contribution < -0.4 is 5.32 Å². The van der Waals surface area contributed by atoms with E-state index in [0.717, 1.165) is 29.7 Å². The van der Waals surface area contributed by atoms with Crippen LogP contribution in [0.4, 0.5) is 5.82 Å². The molecule has 5 heteroatoms. The van der Waals surface area contributed by atoms with Gasteiger partial charge in [-0.15, -0.1) is 11.3 Å². The molecule has 0 amide bonds. The van der Waals surface area contributed by atoms with E-state index in [9.17, 15) is 0 Å². The molecule has 2 aromatic rings. The third kappa shape index (κ3) is 2.65. The van der Waals surface area contributed by atoms with Crippen LogP contribution in [0.2, 0.25) is 0 Å². The summed E-state index contributed by atoms with van der Waals surface area (Å²) in [6, 6.07) is 0. The summed E-state index contributed by atoms with van der Waals surface area (Å²) >= 11 is 1.85. The predicted octanol–water partition coefficient (Wildman–Crippen LogP) is 2.79. The van der Waals surface area contributed by atoms with Gasteiger partial charge >= 0.3 is 0 Å². The Balaban J connectivity index is 1.94. The highest BCUT2D eigenvalue weighted by Crippen LogP contribution is 2.39. The second-order valence-electron chi connectivity index (χ2n) is 5.98. The van der Waals surface area contributed by atoms with Crippen molar-refractivity contribution < 1.29 is 0 Å². The van der Waals surface area contributed by atoms with Crippen LogP contribution in [0.3, 0.4) is 0 Å². The fraction of sp³-hybridized carbons (Fsp3) is 0.600. The Morgan fingerprint density at radius 2 is 2.25 bits per heavy atom. The van der Waals surface area contributed by atoms with E-state index in [1.54, 1.807) is 6.33 Å². The summed E-state index contributed by atoms with van der Waals surface area (Å²) in [4.78, 5) is 13.8. The highest BCUT2D eigenvalue weighted by molar-refractivity contribution is 7.19. The number of hydrogen-bond donors (Lipinski definition) is 1. The van der Waals surface area contributed by atoms with E-state index >= 15 is 0 Å². The van der Waals surface area contributed by atoms with Crippen molar-refractivity contribution in [3.8, 4) is 0 Å². The largest absolute Gasteiger partial charge is 0.368 e. The zero-order valence-electron chi connectivity index (χ0n) is 12.4. The molecule has 1 aliphatic rings. The number of rotatable bonds is 4. The van der Waals surface area contributed by atoms with Crippen LogP contribution in [0.5, 0.6) is 0 Å². The smallest absolute Gasteiger partial charge is 0.138 e. The first-order valence-electron chi connectivity index (χ1n) is 7.29. The van der Waals surface area contributed by atoms with Crippen LogP contribution in [0.15, 0.2) is 6.33 Å². The van der Waals surface area contributed by atoms with Gasteiger partial charge in [-0.1, -0.05) is 6.92 Å². The Hall–Kier alpha value is -1.20. The molecular formula is C15H22N4S. The molecular weight excluding hydrogens is 268 g/mol. The monoisotopic (exact) mass is 290 g/mol. The molecule has 0 fully saturated rings. The summed E-state index contributed by atoms with van der Waals surface area (Å²) < 4.78 is 0. The summed E-state index contributed by atoms with van der Waals surface area (Å²) in [5.74, 6) is 1.79. The standard InChI is InChI=1S/C15H22N4S/c1-10-4-5-12-11(8-10)13-14(16-6-7-19(2)3)17-9-18-15(13)20-12/h9-10H,4-8H2,1-3H3,(H,16,17,18)/t10-/m1/s1. The average Bonchev–Trinajstić information content (AvgIpc) is 2.77. The van der Waals surface area contributed by atoms with Gasteiger partial charge in [0.1, 0.15) is 17.0 Å². The van der Waals surface area contributed by atoms with Gasteiger partial charge in [0, 0.05) is 18.0 Å². The zero-order valence-corrected chi connectivity index (χ0v) is 13.3. The molecule has 0 unspecified atom stereocenters. The summed E-state index contributed by atoms with van der Waals surface area (Å²) in [6.07, 6.45) is 5.36. The molecule has 0 saturated heterocycles. The van der Waals surface area contributed by atoms with E-state index in [-0.39, 0.29) is 0 Å². The molecule has 4 nitrogen and oxygen atoms in total. The number of hydrogen-bond acceptors (Lipinski definition) is 5. The number of nitrogens with zero attached hydrogens (tertiary/aromatic N) is 3. The zero-order chi connectivity index (χ0) is 14.1. The van der Waals surface area contributed by atoms with Crippen molar-refractivity contribution in [1.29, 1.82) is 0 Å². The average molecular weight is 290 g/mol. The molecule has 3 rings (SSSR count). The number of nitrogens with one attached hydrogen (secondary N) is 1. The molecule has 0 spiro atoms. The van der Waals surface area contributed by atoms with E-state index in [4.69, 9.17) is 0 Å². The summed E-state index contributed by atoms with van der Waals surface area (Å²) in [5, 5.41) is 4.76. The van der Waals surface area contributed by atoms with Crippen LogP contribution in [0, 0.1) is 5.92 Å². The lowest BCUT2D eigenvalue weighted by atomic mass is 9.88. The Morgan fingerprint density at radius 3 is 3.05 bits per heavy atom. The second-order valence-corrected chi connectivity index (χ2v) is 7.07. The summed E-state index contributed by atoms with van der Waals surface area (Å²) in [6.45, 7) is 4.27. The van der Waals surface area contributed by atoms with E-state index in [0.29, 0.717) is 0 Å². The first-order chi connectivity index (χ1) is 9.65. The fourth-order valence-electron chi connectivity index (χ4n) is 2.81. The first kappa shape index (κ1) is 13.8. The maximum Gasteiger partial charge on any atom is 0.138 e. The maximum absolute atomic E-state index is 4.48. The minimum Gasteiger partial charge on any atom is -0.368 e. The van der Waals surface area contributed by atoms with Gasteiger partial charge in [-0.2, -0.15) is 0 Å². The topological polar surface area (TPSA) is 41.1 Å². The minimum absolute atomic E-state index is 0.773. The highest BCUT2D eigenvalue weighted by Gasteiger charge is 2.22. The van der Waals surface area contributed by atoms with Crippen molar-refractivity contribution in [2.75, 3.05) is 32.5 Å². The second kappa shape index (κ2) is 5.66. The van der Waals surface area contributed by atoms with Gasteiger partial charge in [-0.05, 0) is 44.8 Å². The molecule has 20 heavy (non-hydrogen) atoms. The minimum atomic E-state index is 0.773. The number of thiophene rings is 1. The Labute approximate surface area is 124 Å². The van der Waals surface area contributed by atoms with E-state index in [1.807, 2.05) is 11.3 Å². The van der Waals surface area contributed by atoms with Gasteiger partial charge in [0.15, 0.2) is 0 Å². The molecule has 0 aliphatic heterocycles. The first-order valence-corrected chi connectivity index (χ1v) is 8.10. The molecule has 1 aliphatic carbocycles. The molecule has 1 N–H and O–H groups in total.